The van der Waals surface area contributed by atoms with Crippen molar-refractivity contribution >= 4 is 29.2 Å². The molecule has 17 heavy (non-hydrogen) atoms. The monoisotopic (exact) mass is 273 g/mol. The molecule has 0 spiro atoms. The van der Waals surface area contributed by atoms with Crippen LogP contribution in [0.25, 0.3) is 0 Å². The summed E-state index contributed by atoms with van der Waals surface area (Å²) in [7, 11) is 0. The predicted octanol–water partition coefficient (Wildman–Crippen LogP) is 3.12. The van der Waals surface area contributed by atoms with Crippen molar-refractivity contribution in [2.45, 2.75) is 18.9 Å². The summed E-state index contributed by atoms with van der Waals surface area (Å²) in [6.45, 7) is 0.695. The molecule has 92 valence electrons. The third-order valence-electron chi connectivity index (χ3n) is 3.09. The SMILES string of the molecule is O=C(O)C1CCNC(c2ccc(Cl)cc2Cl)C1. The molecule has 1 aliphatic heterocycles. The average molecular weight is 274 g/mol. The highest BCUT2D eigenvalue weighted by atomic mass is 35.5. The maximum atomic E-state index is 11.0. The zero-order valence-corrected chi connectivity index (χ0v) is 10.6. The lowest BCUT2D eigenvalue weighted by atomic mass is 9.89. The summed E-state index contributed by atoms with van der Waals surface area (Å²) >= 11 is 12.0. The summed E-state index contributed by atoms with van der Waals surface area (Å²) in [6.07, 6.45) is 1.23. The van der Waals surface area contributed by atoms with E-state index >= 15 is 0 Å². The second kappa shape index (κ2) is 5.25. The Morgan fingerprint density at radius 2 is 2.18 bits per heavy atom. The van der Waals surface area contributed by atoms with Crippen LogP contribution in [-0.2, 0) is 4.79 Å². The van der Waals surface area contributed by atoms with Crippen molar-refractivity contribution in [2.75, 3.05) is 6.54 Å². The van der Waals surface area contributed by atoms with Gasteiger partial charge in [0.25, 0.3) is 0 Å². The van der Waals surface area contributed by atoms with Crippen LogP contribution < -0.4 is 5.32 Å². The molecule has 0 saturated carbocycles. The van der Waals surface area contributed by atoms with Gasteiger partial charge in [0, 0.05) is 16.1 Å². The van der Waals surface area contributed by atoms with Gasteiger partial charge in [-0.1, -0.05) is 29.3 Å². The lowest BCUT2D eigenvalue weighted by Crippen LogP contribution is -2.35. The molecule has 2 N–H and O–H groups in total. The number of carbonyl (C=O) groups is 1. The molecule has 0 bridgehead atoms. The first-order valence-corrected chi connectivity index (χ1v) is 6.24. The van der Waals surface area contributed by atoms with Gasteiger partial charge >= 0.3 is 5.97 Å². The number of rotatable bonds is 2. The molecule has 2 unspecified atom stereocenters. The van der Waals surface area contributed by atoms with E-state index in [9.17, 15) is 4.79 Å². The molecule has 5 heteroatoms. The first-order chi connectivity index (χ1) is 8.08. The minimum absolute atomic E-state index is 0.00498. The summed E-state index contributed by atoms with van der Waals surface area (Å²) in [6, 6.07) is 5.31. The van der Waals surface area contributed by atoms with Gasteiger partial charge in [0.1, 0.15) is 0 Å². The Kier molecular flexibility index (Phi) is 3.92. The van der Waals surface area contributed by atoms with Crippen molar-refractivity contribution in [3.05, 3.63) is 33.8 Å². The number of benzene rings is 1. The van der Waals surface area contributed by atoms with Crippen LogP contribution in [-0.4, -0.2) is 17.6 Å². The van der Waals surface area contributed by atoms with E-state index in [0.29, 0.717) is 29.4 Å². The van der Waals surface area contributed by atoms with Gasteiger partial charge in [-0.15, -0.1) is 0 Å². The van der Waals surface area contributed by atoms with Crippen LogP contribution in [0.5, 0.6) is 0 Å². The Morgan fingerprint density at radius 3 is 2.82 bits per heavy atom. The van der Waals surface area contributed by atoms with Crippen molar-refractivity contribution < 1.29 is 9.90 Å². The number of nitrogens with one attached hydrogen (secondary N) is 1. The van der Waals surface area contributed by atoms with Crippen LogP contribution >= 0.6 is 23.2 Å². The maximum Gasteiger partial charge on any atom is 0.306 e. The molecule has 0 amide bonds. The van der Waals surface area contributed by atoms with Gasteiger partial charge in [0.2, 0.25) is 0 Å². The fourth-order valence-electron chi connectivity index (χ4n) is 2.16. The molecule has 0 radical (unpaired) electrons. The lowest BCUT2D eigenvalue weighted by molar-refractivity contribution is -0.143. The number of piperidine rings is 1. The number of carboxylic acid groups (broad SMARTS) is 1. The number of carboxylic acids is 1. The van der Waals surface area contributed by atoms with E-state index in [2.05, 4.69) is 5.32 Å². The van der Waals surface area contributed by atoms with E-state index in [-0.39, 0.29) is 12.0 Å². The minimum atomic E-state index is -0.735. The molecule has 0 aliphatic carbocycles. The summed E-state index contributed by atoms with van der Waals surface area (Å²) in [5.41, 5.74) is 0.919. The Morgan fingerprint density at radius 1 is 1.41 bits per heavy atom. The zero-order chi connectivity index (χ0) is 12.4. The fraction of sp³-hybridized carbons (Fsp3) is 0.417. The first-order valence-electron chi connectivity index (χ1n) is 5.49. The Balaban J connectivity index is 2.19. The fourth-order valence-corrected chi connectivity index (χ4v) is 2.70. The number of hydrogen-bond acceptors (Lipinski definition) is 2. The van der Waals surface area contributed by atoms with Crippen LogP contribution in [0.4, 0.5) is 0 Å². The Labute approximate surface area is 110 Å². The van der Waals surface area contributed by atoms with E-state index in [0.717, 1.165) is 5.56 Å². The van der Waals surface area contributed by atoms with Crippen molar-refractivity contribution in [3.63, 3.8) is 0 Å². The van der Waals surface area contributed by atoms with Gasteiger partial charge in [-0.2, -0.15) is 0 Å². The molecule has 1 heterocycles. The quantitative estimate of drug-likeness (QED) is 0.871. The van der Waals surface area contributed by atoms with Gasteiger partial charge < -0.3 is 10.4 Å². The summed E-state index contributed by atoms with van der Waals surface area (Å²) in [5.74, 6) is -1.03. The van der Waals surface area contributed by atoms with Crippen molar-refractivity contribution in [2.24, 2.45) is 5.92 Å². The van der Waals surface area contributed by atoms with Crippen LogP contribution in [0.1, 0.15) is 24.4 Å². The summed E-state index contributed by atoms with van der Waals surface area (Å²) < 4.78 is 0. The molecule has 2 atom stereocenters. The van der Waals surface area contributed by atoms with Gasteiger partial charge in [-0.05, 0) is 37.1 Å². The number of hydrogen-bond donors (Lipinski definition) is 2. The molecule has 0 aromatic heterocycles. The molecule has 1 aromatic carbocycles. The molecule has 2 rings (SSSR count). The van der Waals surface area contributed by atoms with Gasteiger partial charge in [-0.3, -0.25) is 4.79 Å². The second-order valence-electron chi connectivity index (χ2n) is 4.23. The minimum Gasteiger partial charge on any atom is -0.481 e. The smallest absolute Gasteiger partial charge is 0.306 e. The largest absolute Gasteiger partial charge is 0.481 e. The molecule has 3 nitrogen and oxygen atoms in total. The van der Waals surface area contributed by atoms with Crippen molar-refractivity contribution in [1.82, 2.24) is 5.32 Å². The van der Waals surface area contributed by atoms with Crippen LogP contribution in [0.15, 0.2) is 18.2 Å². The van der Waals surface area contributed by atoms with E-state index in [1.165, 1.54) is 0 Å². The van der Waals surface area contributed by atoms with Crippen LogP contribution in [0.3, 0.4) is 0 Å². The molecule has 1 fully saturated rings. The standard InChI is InChI=1S/C12H13Cl2NO2/c13-8-1-2-9(10(14)6-8)11-5-7(12(16)17)3-4-15-11/h1-2,6-7,11,15H,3-5H2,(H,16,17). The van der Waals surface area contributed by atoms with Gasteiger partial charge in [-0.25, -0.2) is 0 Å². The molecular formula is C12H13Cl2NO2. The number of halogens is 2. The Bertz CT molecular complexity index is 437. The highest BCUT2D eigenvalue weighted by molar-refractivity contribution is 6.35. The third-order valence-corrected chi connectivity index (χ3v) is 3.65. The van der Waals surface area contributed by atoms with Gasteiger partial charge in [0.15, 0.2) is 0 Å². The lowest BCUT2D eigenvalue weighted by Gasteiger charge is -2.29. The highest BCUT2D eigenvalue weighted by Gasteiger charge is 2.28. The van der Waals surface area contributed by atoms with E-state index in [4.69, 9.17) is 28.3 Å². The van der Waals surface area contributed by atoms with E-state index < -0.39 is 5.97 Å². The van der Waals surface area contributed by atoms with Crippen LogP contribution in [0, 0.1) is 5.92 Å². The number of aliphatic carboxylic acids is 1. The third kappa shape index (κ3) is 2.92. The van der Waals surface area contributed by atoms with Crippen molar-refractivity contribution in [1.29, 1.82) is 0 Å². The summed E-state index contributed by atoms with van der Waals surface area (Å²) in [4.78, 5) is 11.0. The topological polar surface area (TPSA) is 49.3 Å². The van der Waals surface area contributed by atoms with E-state index in [1.54, 1.807) is 12.1 Å². The molecule has 1 aromatic rings. The first kappa shape index (κ1) is 12.7. The Hall–Kier alpha value is -0.770. The average Bonchev–Trinajstić information content (AvgIpc) is 2.29. The molecule has 1 saturated heterocycles. The predicted molar refractivity (Wildman–Crippen MR) is 67.6 cm³/mol. The van der Waals surface area contributed by atoms with E-state index in [1.807, 2.05) is 6.07 Å². The second-order valence-corrected chi connectivity index (χ2v) is 5.08. The molecule has 1 aliphatic rings. The normalized spacial score (nSPS) is 24.6. The molecular weight excluding hydrogens is 261 g/mol. The summed E-state index contributed by atoms with van der Waals surface area (Å²) in [5, 5.41) is 13.5. The highest BCUT2D eigenvalue weighted by Crippen LogP contribution is 2.32. The zero-order valence-electron chi connectivity index (χ0n) is 9.12. The van der Waals surface area contributed by atoms with Crippen LogP contribution in [0.2, 0.25) is 10.0 Å². The van der Waals surface area contributed by atoms with Crippen molar-refractivity contribution in [3.8, 4) is 0 Å². The maximum absolute atomic E-state index is 11.0. The van der Waals surface area contributed by atoms with Gasteiger partial charge in [0.05, 0.1) is 5.92 Å².